The average molecular weight is 577 g/mol. The van der Waals surface area contributed by atoms with Gasteiger partial charge in [0, 0.05) is 28.1 Å². The summed E-state index contributed by atoms with van der Waals surface area (Å²) in [5.41, 5.74) is -7.73. The lowest BCUT2D eigenvalue weighted by Crippen LogP contribution is -2.71. The first-order valence-electron chi connectivity index (χ1n) is 15.0. The number of rotatable bonds is 3. The Balaban J connectivity index is 1.35. The van der Waals surface area contributed by atoms with Crippen molar-refractivity contribution in [3.63, 3.8) is 0 Å². The van der Waals surface area contributed by atoms with Crippen LogP contribution < -0.4 is 0 Å². The number of carboxylic acid groups (broad SMARTS) is 1. The highest BCUT2D eigenvalue weighted by Crippen LogP contribution is 2.72. The van der Waals surface area contributed by atoms with Crippen molar-refractivity contribution >= 4 is 17.9 Å². The van der Waals surface area contributed by atoms with Gasteiger partial charge in [-0.1, -0.05) is 40.7 Å². The number of aliphatic hydroxyl groups is 1. The number of carbonyl (C=O) groups is 3. The highest BCUT2D eigenvalue weighted by Gasteiger charge is 2.79. The SMILES string of the molecule is C[C@@H]1C[C@H]2[C@@H]3C[C@H](F)C4=CC(=O)C=C[C@]4(C)C3(F)[C@@H](O)C[C@]2(C)[C@]1(OC(=O)OC1CC2CCC1(C)C2(C)C)C(=O)O. The lowest BCUT2D eigenvalue weighted by Gasteiger charge is -2.62. The molecule has 6 aliphatic carbocycles. The third-order valence-corrected chi connectivity index (χ3v) is 13.7. The summed E-state index contributed by atoms with van der Waals surface area (Å²) in [6.45, 7) is 11.2. The summed E-state index contributed by atoms with van der Waals surface area (Å²) in [6.07, 6.45) is 1.04. The zero-order valence-electron chi connectivity index (χ0n) is 24.7. The number of aliphatic hydroxyl groups excluding tert-OH is 1. The summed E-state index contributed by atoms with van der Waals surface area (Å²) in [6, 6.07) is 0. The molecule has 0 aliphatic heterocycles. The first-order valence-corrected chi connectivity index (χ1v) is 15.0. The van der Waals surface area contributed by atoms with Gasteiger partial charge in [-0.25, -0.2) is 18.4 Å². The minimum atomic E-state index is -2.35. The van der Waals surface area contributed by atoms with E-state index in [4.69, 9.17) is 9.47 Å². The Kier molecular flexibility index (Phi) is 5.91. The van der Waals surface area contributed by atoms with E-state index in [0.717, 1.165) is 18.9 Å². The first-order chi connectivity index (χ1) is 18.9. The van der Waals surface area contributed by atoms with E-state index < -0.39 is 76.1 Å². The molecular formula is C32H42F2O7. The summed E-state index contributed by atoms with van der Waals surface area (Å²) in [7, 11) is 0. The number of ether oxygens (including phenoxy) is 2. The maximum atomic E-state index is 17.5. The summed E-state index contributed by atoms with van der Waals surface area (Å²) in [5, 5.41) is 22.3. The second kappa shape index (κ2) is 8.42. The molecule has 0 amide bonds. The van der Waals surface area contributed by atoms with Gasteiger partial charge in [-0.15, -0.1) is 0 Å². The van der Waals surface area contributed by atoms with Gasteiger partial charge in [0.1, 0.15) is 12.3 Å². The van der Waals surface area contributed by atoms with Crippen molar-refractivity contribution in [2.24, 2.45) is 45.3 Å². The number of hydrogen-bond donors (Lipinski definition) is 2. The molecule has 6 aliphatic rings. The standard InChI is InChI=1S/C32H42F2O7/c1-16-11-19-20-14-22(33)21-13-18(35)8-10-28(21,4)31(20,34)23(36)15-30(19,6)32(16,25(37)38)41-26(39)40-24-12-17-7-9-29(24,5)27(17,2)3/h8,10,13,16-17,19-20,22-24,36H,7,9,11-12,14-15H2,1-6H3,(H,37,38)/t16-,17?,19+,20+,22+,23+,24?,28+,29?,30+,31?,32-/m1/s1. The van der Waals surface area contributed by atoms with Crippen LogP contribution in [-0.4, -0.2) is 57.8 Å². The predicted molar refractivity (Wildman–Crippen MR) is 144 cm³/mol. The minimum absolute atomic E-state index is 0.00375. The van der Waals surface area contributed by atoms with Crippen LogP contribution in [0.15, 0.2) is 23.8 Å². The average Bonchev–Trinajstić information content (AvgIpc) is 3.32. The predicted octanol–water partition coefficient (Wildman–Crippen LogP) is 5.74. The van der Waals surface area contributed by atoms with Crippen LogP contribution in [0.4, 0.5) is 13.6 Å². The largest absolute Gasteiger partial charge is 0.509 e. The number of ketones is 1. The molecule has 5 fully saturated rings. The van der Waals surface area contributed by atoms with Gasteiger partial charge < -0.3 is 19.7 Å². The van der Waals surface area contributed by atoms with Gasteiger partial charge >= 0.3 is 12.1 Å². The van der Waals surface area contributed by atoms with Gasteiger partial charge in [0.2, 0.25) is 5.60 Å². The molecule has 2 bridgehead atoms. The Labute approximate surface area is 239 Å². The highest BCUT2D eigenvalue weighted by atomic mass is 19.1. The summed E-state index contributed by atoms with van der Waals surface area (Å²) in [4.78, 5) is 38.7. The van der Waals surface area contributed by atoms with Crippen molar-refractivity contribution in [1.29, 1.82) is 0 Å². The maximum Gasteiger partial charge on any atom is 0.509 e. The molecule has 0 saturated heterocycles. The van der Waals surface area contributed by atoms with Crippen LogP contribution in [0.1, 0.15) is 80.1 Å². The topological polar surface area (TPSA) is 110 Å². The normalized spacial score (nSPS) is 52.8. The van der Waals surface area contributed by atoms with Gasteiger partial charge in [0.25, 0.3) is 0 Å². The van der Waals surface area contributed by atoms with Gasteiger partial charge in [-0.2, -0.15) is 0 Å². The van der Waals surface area contributed by atoms with Crippen molar-refractivity contribution in [3.8, 4) is 0 Å². The van der Waals surface area contributed by atoms with Crippen LogP contribution in [-0.2, 0) is 19.1 Å². The monoisotopic (exact) mass is 576 g/mol. The molecule has 7 nitrogen and oxygen atoms in total. The molecule has 0 aromatic rings. The zero-order valence-corrected chi connectivity index (χ0v) is 24.7. The fraction of sp³-hybridized carbons (Fsp3) is 0.781. The minimum Gasteiger partial charge on any atom is -0.478 e. The van der Waals surface area contributed by atoms with Crippen LogP contribution in [0.25, 0.3) is 0 Å². The van der Waals surface area contributed by atoms with Crippen LogP contribution in [0, 0.1) is 45.3 Å². The van der Waals surface area contributed by atoms with E-state index in [1.807, 2.05) is 0 Å². The second-order valence-electron chi connectivity index (χ2n) is 15.1. The summed E-state index contributed by atoms with van der Waals surface area (Å²) in [5.74, 6) is -3.96. The molecular weight excluding hydrogens is 534 g/mol. The smallest absolute Gasteiger partial charge is 0.478 e. The number of halogens is 2. The van der Waals surface area contributed by atoms with E-state index in [1.54, 1.807) is 13.8 Å². The lowest BCUT2D eigenvalue weighted by atomic mass is 9.44. The number of alkyl halides is 2. The molecule has 0 radical (unpaired) electrons. The molecule has 226 valence electrons. The van der Waals surface area contributed by atoms with E-state index in [1.165, 1.54) is 19.1 Å². The molecule has 9 heteroatoms. The number of carbonyl (C=O) groups excluding carboxylic acids is 2. The van der Waals surface area contributed by atoms with Crippen molar-refractivity contribution in [2.75, 3.05) is 0 Å². The second-order valence-corrected chi connectivity index (χ2v) is 15.1. The molecule has 0 heterocycles. The Bertz CT molecular complexity index is 1280. The van der Waals surface area contributed by atoms with E-state index >= 15 is 8.78 Å². The van der Waals surface area contributed by atoms with Gasteiger partial charge in [-0.05, 0) is 80.4 Å². The van der Waals surface area contributed by atoms with E-state index in [0.29, 0.717) is 12.3 Å². The Morgan fingerprint density at radius 2 is 1.73 bits per heavy atom. The Hall–Kier alpha value is -2.29. The van der Waals surface area contributed by atoms with Crippen LogP contribution in [0.5, 0.6) is 0 Å². The maximum absolute atomic E-state index is 17.5. The molecule has 2 N–H and O–H groups in total. The molecule has 0 spiro atoms. The fourth-order valence-corrected chi connectivity index (χ4v) is 10.8. The van der Waals surface area contributed by atoms with Crippen molar-refractivity contribution < 1.29 is 42.9 Å². The first kappa shape index (κ1) is 28.8. The molecule has 12 atom stereocenters. The van der Waals surface area contributed by atoms with Gasteiger partial charge in [0.05, 0.1) is 6.10 Å². The van der Waals surface area contributed by atoms with Crippen LogP contribution in [0.2, 0.25) is 0 Å². The fourth-order valence-electron chi connectivity index (χ4n) is 10.8. The number of fused-ring (bicyclic) bond motifs is 7. The number of hydrogen-bond acceptors (Lipinski definition) is 6. The van der Waals surface area contributed by atoms with Crippen molar-refractivity contribution in [2.45, 2.75) is 110 Å². The highest BCUT2D eigenvalue weighted by molar-refractivity contribution is 6.01. The molecule has 5 saturated carbocycles. The Morgan fingerprint density at radius 1 is 1.05 bits per heavy atom. The zero-order chi connectivity index (χ0) is 30.1. The quantitative estimate of drug-likeness (QED) is 0.412. The van der Waals surface area contributed by atoms with Crippen molar-refractivity contribution in [3.05, 3.63) is 23.8 Å². The molecule has 0 aromatic heterocycles. The molecule has 0 aromatic carbocycles. The van der Waals surface area contributed by atoms with Crippen molar-refractivity contribution in [1.82, 2.24) is 0 Å². The third kappa shape index (κ3) is 3.19. The van der Waals surface area contributed by atoms with E-state index in [-0.39, 0.29) is 35.7 Å². The number of carboxylic acids is 1. The number of aliphatic carboxylic acids is 1. The third-order valence-electron chi connectivity index (χ3n) is 13.7. The van der Waals surface area contributed by atoms with E-state index in [2.05, 4.69) is 20.8 Å². The van der Waals surface area contributed by atoms with Gasteiger partial charge in [0.15, 0.2) is 11.5 Å². The molecule has 6 rings (SSSR count). The van der Waals surface area contributed by atoms with Crippen LogP contribution >= 0.6 is 0 Å². The lowest BCUT2D eigenvalue weighted by molar-refractivity contribution is -0.232. The van der Waals surface area contributed by atoms with Gasteiger partial charge in [-0.3, -0.25) is 4.79 Å². The molecule has 4 unspecified atom stereocenters. The Morgan fingerprint density at radius 3 is 2.32 bits per heavy atom. The van der Waals surface area contributed by atoms with E-state index in [9.17, 15) is 24.6 Å². The summed E-state index contributed by atoms with van der Waals surface area (Å²) < 4.78 is 45.0. The molecule has 41 heavy (non-hydrogen) atoms. The van der Waals surface area contributed by atoms with Crippen LogP contribution in [0.3, 0.4) is 0 Å². The summed E-state index contributed by atoms with van der Waals surface area (Å²) >= 11 is 0. The number of allylic oxidation sites excluding steroid dienone is 4.